The molecule has 0 heterocycles. The van der Waals surface area contributed by atoms with Crippen molar-refractivity contribution in [3.05, 3.63) is 52.5 Å². The number of carbonyl (C=O) groups is 1. The Hall–Kier alpha value is -1.90. The fraction of sp³-hybridized carbons (Fsp3) is 0.350. The molecule has 6 nitrogen and oxygen atoms in total. The van der Waals surface area contributed by atoms with Crippen molar-refractivity contribution in [3.63, 3.8) is 0 Å². The van der Waals surface area contributed by atoms with E-state index in [0.717, 1.165) is 35.7 Å². The second kappa shape index (κ2) is 7.17. The van der Waals surface area contributed by atoms with Crippen molar-refractivity contribution in [2.24, 2.45) is 0 Å². The molecule has 2 aliphatic rings. The number of hydrogen-bond acceptors (Lipinski definition) is 4. The van der Waals surface area contributed by atoms with Crippen LogP contribution in [0.3, 0.4) is 0 Å². The molecule has 0 unspecified atom stereocenters. The minimum atomic E-state index is -3.62. The first-order valence-corrected chi connectivity index (χ1v) is 11.4. The van der Waals surface area contributed by atoms with E-state index in [9.17, 15) is 13.2 Å². The Morgan fingerprint density at radius 2 is 1.93 bits per heavy atom. The van der Waals surface area contributed by atoms with Gasteiger partial charge < -0.3 is 10.1 Å². The van der Waals surface area contributed by atoms with Gasteiger partial charge in [-0.2, -0.15) is 0 Å². The minimum absolute atomic E-state index is 0.0106. The second-order valence-corrected chi connectivity index (χ2v) is 9.93. The Morgan fingerprint density at radius 3 is 2.54 bits per heavy atom. The Kier molecular flexibility index (Phi) is 4.97. The molecule has 0 saturated heterocycles. The lowest BCUT2D eigenvalue weighted by Crippen LogP contribution is -2.28. The van der Waals surface area contributed by atoms with Gasteiger partial charge in [-0.15, -0.1) is 0 Å². The van der Waals surface area contributed by atoms with Gasteiger partial charge in [0.1, 0.15) is 5.75 Å². The first-order valence-electron chi connectivity index (χ1n) is 9.12. The number of nitrogens with one attached hydrogen (secondary N) is 2. The highest BCUT2D eigenvalue weighted by Gasteiger charge is 2.51. The third kappa shape index (κ3) is 3.81. The average molecular weight is 465 g/mol. The fourth-order valence-corrected chi connectivity index (χ4v) is 4.97. The van der Waals surface area contributed by atoms with E-state index in [1.165, 1.54) is 19.2 Å². The van der Waals surface area contributed by atoms with Crippen molar-refractivity contribution < 1.29 is 17.9 Å². The standard InChI is InChI=1S/C20H21BrN2O4S/c1-27-18-8-7-16(28(25,26)23-15-5-6-15)12-17(18)22-19(24)20(9-10-20)13-3-2-4-14(21)11-13/h2-4,7-8,11-12,15,23H,5-6,9-10H2,1H3,(H,22,24). The maximum absolute atomic E-state index is 13.1. The van der Waals surface area contributed by atoms with Gasteiger partial charge in [0.15, 0.2) is 0 Å². The number of anilines is 1. The van der Waals surface area contributed by atoms with Crippen LogP contribution >= 0.6 is 15.9 Å². The molecule has 2 saturated carbocycles. The minimum Gasteiger partial charge on any atom is -0.495 e. The van der Waals surface area contributed by atoms with Crippen LogP contribution in [0.4, 0.5) is 5.69 Å². The molecule has 0 aliphatic heterocycles. The van der Waals surface area contributed by atoms with Crippen LogP contribution in [0.5, 0.6) is 5.75 Å². The molecule has 0 radical (unpaired) electrons. The van der Waals surface area contributed by atoms with Gasteiger partial charge in [-0.3, -0.25) is 4.79 Å². The summed E-state index contributed by atoms with van der Waals surface area (Å²) in [5, 5.41) is 2.89. The molecule has 1 amide bonds. The fourth-order valence-electron chi connectivity index (χ4n) is 3.24. The van der Waals surface area contributed by atoms with Crippen LogP contribution in [-0.4, -0.2) is 27.5 Å². The lowest BCUT2D eigenvalue weighted by molar-refractivity contribution is -0.118. The molecule has 0 spiro atoms. The third-order valence-corrected chi connectivity index (χ3v) is 7.20. The largest absolute Gasteiger partial charge is 0.495 e. The van der Waals surface area contributed by atoms with Gasteiger partial charge in [0.05, 0.1) is 23.1 Å². The predicted octanol–water partition coefficient (Wildman–Crippen LogP) is 3.57. The number of sulfonamides is 1. The summed E-state index contributed by atoms with van der Waals surface area (Å²) in [5.41, 5.74) is 0.709. The Morgan fingerprint density at radius 1 is 1.18 bits per heavy atom. The van der Waals surface area contributed by atoms with E-state index in [4.69, 9.17) is 4.74 Å². The zero-order valence-corrected chi connectivity index (χ0v) is 17.8. The van der Waals surface area contributed by atoms with E-state index >= 15 is 0 Å². The molecular formula is C20H21BrN2O4S. The van der Waals surface area contributed by atoms with Crippen LogP contribution < -0.4 is 14.8 Å². The topological polar surface area (TPSA) is 84.5 Å². The van der Waals surface area contributed by atoms with Gasteiger partial charge in [0.2, 0.25) is 15.9 Å². The van der Waals surface area contributed by atoms with Gasteiger partial charge in [-0.05, 0) is 61.6 Å². The van der Waals surface area contributed by atoms with Crippen molar-refractivity contribution in [3.8, 4) is 5.75 Å². The SMILES string of the molecule is COc1ccc(S(=O)(=O)NC2CC2)cc1NC(=O)C1(c2cccc(Br)c2)CC1. The van der Waals surface area contributed by atoms with E-state index in [-0.39, 0.29) is 16.8 Å². The molecule has 2 fully saturated rings. The number of rotatable bonds is 7. The van der Waals surface area contributed by atoms with Crippen molar-refractivity contribution in [1.82, 2.24) is 4.72 Å². The van der Waals surface area contributed by atoms with Crippen LogP contribution in [0, 0.1) is 0 Å². The van der Waals surface area contributed by atoms with Gasteiger partial charge in [-0.1, -0.05) is 28.1 Å². The molecule has 2 N–H and O–H groups in total. The highest BCUT2D eigenvalue weighted by Crippen LogP contribution is 2.49. The molecule has 0 bridgehead atoms. The van der Waals surface area contributed by atoms with Crippen LogP contribution in [0.25, 0.3) is 0 Å². The summed E-state index contributed by atoms with van der Waals surface area (Å²) >= 11 is 3.45. The molecule has 148 valence electrons. The van der Waals surface area contributed by atoms with Crippen molar-refractivity contribution in [1.29, 1.82) is 0 Å². The molecule has 4 rings (SSSR count). The number of hydrogen-bond donors (Lipinski definition) is 2. The zero-order valence-electron chi connectivity index (χ0n) is 15.4. The molecule has 2 aromatic carbocycles. The molecular weight excluding hydrogens is 444 g/mol. The van der Waals surface area contributed by atoms with Gasteiger partial charge in [-0.25, -0.2) is 13.1 Å². The number of benzene rings is 2. The summed E-state index contributed by atoms with van der Waals surface area (Å²) < 4.78 is 33.9. The smallest absolute Gasteiger partial charge is 0.240 e. The monoisotopic (exact) mass is 464 g/mol. The first-order chi connectivity index (χ1) is 13.3. The number of halogens is 1. The van der Waals surface area contributed by atoms with E-state index in [2.05, 4.69) is 26.0 Å². The van der Waals surface area contributed by atoms with E-state index in [0.29, 0.717) is 11.4 Å². The highest BCUT2D eigenvalue weighted by atomic mass is 79.9. The first kappa shape index (κ1) is 19.4. The summed E-state index contributed by atoms with van der Waals surface area (Å²) in [5.74, 6) is 0.261. The van der Waals surface area contributed by atoms with E-state index < -0.39 is 15.4 Å². The number of ether oxygens (including phenoxy) is 1. The lowest BCUT2D eigenvalue weighted by Gasteiger charge is -2.18. The van der Waals surface area contributed by atoms with Crippen LogP contribution in [0.15, 0.2) is 51.8 Å². The molecule has 8 heteroatoms. The molecule has 0 atom stereocenters. The van der Waals surface area contributed by atoms with Crippen LogP contribution in [0.1, 0.15) is 31.2 Å². The molecule has 0 aromatic heterocycles. The molecule has 28 heavy (non-hydrogen) atoms. The maximum atomic E-state index is 13.1. The summed E-state index contributed by atoms with van der Waals surface area (Å²) in [6.07, 6.45) is 3.21. The zero-order chi connectivity index (χ0) is 19.9. The Bertz CT molecular complexity index is 1030. The van der Waals surface area contributed by atoms with Crippen LogP contribution in [0.2, 0.25) is 0 Å². The normalized spacial score (nSPS) is 17.8. The summed E-state index contributed by atoms with van der Waals surface area (Å²) in [6.45, 7) is 0. The second-order valence-electron chi connectivity index (χ2n) is 7.30. The third-order valence-electron chi connectivity index (χ3n) is 5.19. The van der Waals surface area contributed by atoms with E-state index in [1.807, 2.05) is 24.3 Å². The quantitative estimate of drug-likeness (QED) is 0.655. The lowest BCUT2D eigenvalue weighted by atomic mass is 9.95. The Labute approximate surface area is 172 Å². The summed E-state index contributed by atoms with van der Waals surface area (Å²) in [6, 6.07) is 12.2. The summed E-state index contributed by atoms with van der Waals surface area (Å²) in [4.78, 5) is 13.2. The summed E-state index contributed by atoms with van der Waals surface area (Å²) in [7, 11) is -2.13. The highest BCUT2D eigenvalue weighted by molar-refractivity contribution is 9.10. The van der Waals surface area contributed by atoms with Gasteiger partial charge in [0.25, 0.3) is 0 Å². The number of carbonyl (C=O) groups excluding carboxylic acids is 1. The maximum Gasteiger partial charge on any atom is 0.240 e. The van der Waals surface area contributed by atoms with Gasteiger partial charge in [0, 0.05) is 10.5 Å². The van der Waals surface area contributed by atoms with Crippen LogP contribution in [-0.2, 0) is 20.2 Å². The Balaban J connectivity index is 1.61. The van der Waals surface area contributed by atoms with Crippen molar-refractivity contribution in [2.45, 2.75) is 42.0 Å². The average Bonchev–Trinajstić information content (AvgIpc) is 3.56. The van der Waals surface area contributed by atoms with E-state index in [1.54, 1.807) is 6.07 Å². The molecule has 2 aromatic rings. The number of amides is 1. The predicted molar refractivity (Wildman–Crippen MR) is 110 cm³/mol. The van der Waals surface area contributed by atoms with Crippen molar-refractivity contribution in [2.75, 3.05) is 12.4 Å². The van der Waals surface area contributed by atoms with Crippen molar-refractivity contribution >= 4 is 37.5 Å². The van der Waals surface area contributed by atoms with Gasteiger partial charge >= 0.3 is 0 Å². The number of methoxy groups -OCH3 is 1. The molecule has 2 aliphatic carbocycles.